The Labute approximate surface area is 237 Å². The molecule has 1 fully saturated rings. The number of carbonyl (C=O) groups is 2. The van der Waals surface area contributed by atoms with Crippen LogP contribution in [0.4, 0.5) is 0 Å². The van der Waals surface area contributed by atoms with Gasteiger partial charge in [-0.25, -0.2) is 9.59 Å². The first-order chi connectivity index (χ1) is 18.7. The number of ether oxygens (including phenoxy) is 2. The molecule has 5 nitrogen and oxygen atoms in total. The van der Waals surface area contributed by atoms with Gasteiger partial charge in [-0.05, 0) is 74.8 Å². The van der Waals surface area contributed by atoms with E-state index in [9.17, 15) is 14.7 Å². The van der Waals surface area contributed by atoms with E-state index in [1.54, 1.807) is 6.92 Å². The molecule has 1 aliphatic rings. The molecular formula is C34H52O5. The van der Waals surface area contributed by atoms with Gasteiger partial charge in [-0.1, -0.05) is 89.8 Å². The molecule has 1 saturated carbocycles. The van der Waals surface area contributed by atoms with E-state index in [1.807, 2.05) is 0 Å². The molecule has 2 rings (SSSR count). The van der Waals surface area contributed by atoms with Crippen molar-refractivity contribution in [3.63, 3.8) is 0 Å². The van der Waals surface area contributed by atoms with Gasteiger partial charge in [-0.3, -0.25) is 0 Å². The molecule has 0 bridgehead atoms. The van der Waals surface area contributed by atoms with Gasteiger partial charge in [-0.2, -0.15) is 0 Å². The number of unbranched alkanes of at least 4 members (excludes halogenated alkanes) is 3. The molecule has 1 unspecified atom stereocenters. The van der Waals surface area contributed by atoms with Crippen molar-refractivity contribution in [2.24, 2.45) is 11.3 Å². The van der Waals surface area contributed by atoms with E-state index >= 15 is 0 Å². The van der Waals surface area contributed by atoms with Crippen molar-refractivity contribution in [2.75, 3.05) is 19.8 Å². The molecule has 0 radical (unpaired) electrons. The van der Waals surface area contributed by atoms with Crippen LogP contribution < -0.4 is 0 Å². The molecule has 0 spiro atoms. The van der Waals surface area contributed by atoms with Gasteiger partial charge < -0.3 is 14.6 Å². The number of hydrogen-bond donors (Lipinski definition) is 1. The summed E-state index contributed by atoms with van der Waals surface area (Å²) in [6.45, 7) is 13.1. The molecule has 0 saturated heterocycles. The lowest BCUT2D eigenvalue weighted by Crippen LogP contribution is -2.35. The van der Waals surface area contributed by atoms with Gasteiger partial charge in [0.15, 0.2) is 0 Å². The van der Waals surface area contributed by atoms with E-state index in [0.29, 0.717) is 17.9 Å². The molecule has 1 aromatic rings. The first-order valence-corrected chi connectivity index (χ1v) is 15.1. The summed E-state index contributed by atoms with van der Waals surface area (Å²) < 4.78 is 11.2. The monoisotopic (exact) mass is 540 g/mol. The lowest BCUT2D eigenvalue weighted by atomic mass is 9.76. The van der Waals surface area contributed by atoms with Crippen LogP contribution in [-0.2, 0) is 25.5 Å². The molecule has 0 aromatic heterocycles. The summed E-state index contributed by atoms with van der Waals surface area (Å²) in [6, 6.07) is 9.04. The number of aliphatic hydroxyl groups is 1. The highest BCUT2D eigenvalue weighted by atomic mass is 16.5. The molecular weight excluding hydrogens is 488 g/mol. The Morgan fingerprint density at radius 2 is 1.51 bits per heavy atom. The second kappa shape index (κ2) is 17.3. The standard InChI is InChI=1S/C34H52O5/c1-6-8-10-11-28-12-16-30(17-13-28)31-18-14-29(15-19-31)20-22-34(21-9-7-2,24-38-32(36)26(3)4)25-39-33(37)27(5)23-35/h14-15,18-19,28,30,35H,3,5-13,16-17,20-25H2,1-2,4H3. The van der Waals surface area contributed by atoms with Crippen LogP contribution in [-0.4, -0.2) is 36.9 Å². The third-order valence-corrected chi connectivity index (χ3v) is 8.37. The van der Waals surface area contributed by atoms with Crippen LogP contribution in [0.5, 0.6) is 0 Å². The lowest BCUT2D eigenvalue weighted by Gasteiger charge is -2.33. The Kier molecular flexibility index (Phi) is 14.6. The van der Waals surface area contributed by atoms with Gasteiger partial charge in [0.25, 0.3) is 0 Å². The van der Waals surface area contributed by atoms with Crippen LogP contribution in [0.2, 0.25) is 0 Å². The molecule has 218 valence electrons. The highest BCUT2D eigenvalue weighted by Gasteiger charge is 2.33. The number of aryl methyl sites for hydroxylation is 1. The van der Waals surface area contributed by atoms with Crippen LogP contribution in [0, 0.1) is 11.3 Å². The Bertz CT molecular complexity index is 910. The predicted octanol–water partition coefficient (Wildman–Crippen LogP) is 7.86. The van der Waals surface area contributed by atoms with Crippen molar-refractivity contribution in [1.29, 1.82) is 0 Å². The highest BCUT2D eigenvalue weighted by molar-refractivity contribution is 5.88. The zero-order valence-corrected chi connectivity index (χ0v) is 24.8. The van der Waals surface area contributed by atoms with Crippen molar-refractivity contribution >= 4 is 11.9 Å². The molecule has 1 aliphatic carbocycles. The third kappa shape index (κ3) is 11.3. The summed E-state index contributed by atoms with van der Waals surface area (Å²) in [7, 11) is 0. The van der Waals surface area contributed by atoms with Gasteiger partial charge in [0.05, 0.1) is 12.2 Å². The highest BCUT2D eigenvalue weighted by Crippen LogP contribution is 2.38. The first kappa shape index (κ1) is 32.8. The second-order valence-corrected chi connectivity index (χ2v) is 11.8. The normalized spacial score (nSPS) is 18.7. The molecule has 1 N–H and O–H groups in total. The Hall–Kier alpha value is -2.40. The van der Waals surface area contributed by atoms with E-state index in [4.69, 9.17) is 9.47 Å². The average molecular weight is 541 g/mol. The maximum atomic E-state index is 12.3. The minimum Gasteiger partial charge on any atom is -0.462 e. The minimum atomic E-state index is -0.617. The van der Waals surface area contributed by atoms with Crippen molar-refractivity contribution < 1.29 is 24.2 Å². The van der Waals surface area contributed by atoms with Gasteiger partial charge in [0, 0.05) is 11.0 Å². The summed E-state index contributed by atoms with van der Waals surface area (Å²) in [4.78, 5) is 24.5. The smallest absolute Gasteiger partial charge is 0.335 e. The second-order valence-electron chi connectivity index (χ2n) is 11.8. The quantitative estimate of drug-likeness (QED) is 0.117. The van der Waals surface area contributed by atoms with E-state index in [1.165, 1.54) is 62.5 Å². The zero-order chi connectivity index (χ0) is 28.7. The van der Waals surface area contributed by atoms with Crippen LogP contribution in [0.15, 0.2) is 48.6 Å². The van der Waals surface area contributed by atoms with Gasteiger partial charge >= 0.3 is 11.9 Å². The van der Waals surface area contributed by atoms with Gasteiger partial charge in [0.2, 0.25) is 0 Å². The molecule has 0 heterocycles. The van der Waals surface area contributed by atoms with Crippen LogP contribution in [0.1, 0.15) is 115 Å². The maximum Gasteiger partial charge on any atom is 0.335 e. The number of hydrogen-bond acceptors (Lipinski definition) is 5. The van der Waals surface area contributed by atoms with Gasteiger partial charge in [-0.15, -0.1) is 0 Å². The first-order valence-electron chi connectivity index (χ1n) is 15.1. The average Bonchev–Trinajstić information content (AvgIpc) is 2.96. The maximum absolute atomic E-state index is 12.3. The Morgan fingerprint density at radius 3 is 2.08 bits per heavy atom. The predicted molar refractivity (Wildman–Crippen MR) is 159 cm³/mol. The zero-order valence-electron chi connectivity index (χ0n) is 24.8. The summed E-state index contributed by atoms with van der Waals surface area (Å²) in [5, 5.41) is 9.26. The fraction of sp³-hybridized carbons (Fsp3) is 0.647. The Morgan fingerprint density at radius 1 is 0.897 bits per heavy atom. The minimum absolute atomic E-state index is 0.0175. The van der Waals surface area contributed by atoms with Crippen molar-refractivity contribution in [3.05, 3.63) is 59.7 Å². The number of carbonyl (C=O) groups excluding carboxylic acids is 2. The number of rotatable bonds is 18. The van der Waals surface area contributed by atoms with Gasteiger partial charge in [0.1, 0.15) is 13.2 Å². The largest absolute Gasteiger partial charge is 0.462 e. The van der Waals surface area contributed by atoms with E-state index < -0.39 is 24.0 Å². The number of benzene rings is 1. The molecule has 1 atom stereocenters. The Balaban J connectivity index is 2.05. The van der Waals surface area contributed by atoms with Crippen LogP contribution >= 0.6 is 0 Å². The molecule has 39 heavy (non-hydrogen) atoms. The summed E-state index contributed by atoms with van der Waals surface area (Å²) in [5.74, 6) is 0.511. The molecule has 1 aromatic carbocycles. The summed E-state index contributed by atoms with van der Waals surface area (Å²) in [6.07, 6.45) is 14.8. The summed E-state index contributed by atoms with van der Waals surface area (Å²) in [5.41, 5.74) is 2.50. The van der Waals surface area contributed by atoms with Crippen molar-refractivity contribution in [1.82, 2.24) is 0 Å². The summed E-state index contributed by atoms with van der Waals surface area (Å²) >= 11 is 0. The van der Waals surface area contributed by atoms with Crippen molar-refractivity contribution in [2.45, 2.75) is 110 Å². The van der Waals surface area contributed by atoms with Crippen LogP contribution in [0.25, 0.3) is 0 Å². The third-order valence-electron chi connectivity index (χ3n) is 8.37. The van der Waals surface area contributed by atoms with Crippen LogP contribution in [0.3, 0.4) is 0 Å². The number of aliphatic hydroxyl groups excluding tert-OH is 1. The van der Waals surface area contributed by atoms with Crippen molar-refractivity contribution in [3.8, 4) is 0 Å². The molecule has 0 aliphatic heterocycles. The molecule has 0 amide bonds. The topological polar surface area (TPSA) is 72.8 Å². The number of esters is 2. The fourth-order valence-electron chi connectivity index (χ4n) is 5.57. The van der Waals surface area contributed by atoms with E-state index in [0.717, 1.165) is 31.6 Å². The fourth-order valence-corrected chi connectivity index (χ4v) is 5.57. The van der Waals surface area contributed by atoms with E-state index in [-0.39, 0.29) is 18.8 Å². The molecule has 5 heteroatoms. The lowest BCUT2D eigenvalue weighted by molar-refractivity contribution is -0.150. The SMILES string of the molecule is C=C(C)C(=O)OCC(CCCC)(CCc1ccc(C2CCC(CCCCC)CC2)cc1)COC(=O)C(=C)CO. The van der Waals surface area contributed by atoms with E-state index in [2.05, 4.69) is 51.3 Å².